The van der Waals surface area contributed by atoms with Crippen molar-refractivity contribution in [1.29, 1.82) is 0 Å². The Kier molecular flexibility index (Phi) is 6.72. The van der Waals surface area contributed by atoms with Gasteiger partial charge in [-0.3, -0.25) is 0 Å². The van der Waals surface area contributed by atoms with E-state index in [1.807, 2.05) is 45.7 Å². The number of pyridine rings is 1. The molecule has 0 atom stereocenters. The molecule has 2 aromatic heterocycles. The third kappa shape index (κ3) is 4.78. The Hall–Kier alpha value is -1.56. The van der Waals surface area contributed by atoms with Crippen LogP contribution in [0.4, 0.5) is 4.79 Å². The minimum absolute atomic E-state index is 0.208. The second kappa shape index (κ2) is 8.42. The summed E-state index contributed by atoms with van der Waals surface area (Å²) in [6.45, 7) is 13.3. The maximum absolute atomic E-state index is 12.2. The van der Waals surface area contributed by atoms with Gasteiger partial charge in [0.2, 0.25) is 0 Å². The van der Waals surface area contributed by atoms with Gasteiger partial charge in [-0.05, 0) is 68.1 Å². The van der Waals surface area contributed by atoms with Crippen LogP contribution in [-0.4, -0.2) is 39.2 Å². The predicted molar refractivity (Wildman–Crippen MR) is 110 cm³/mol. The highest BCUT2D eigenvalue weighted by Gasteiger charge is 2.28. The van der Waals surface area contributed by atoms with E-state index in [2.05, 4.69) is 44.7 Å². The molecule has 144 valence electrons. The number of carbonyl (C=O) groups is 1. The lowest BCUT2D eigenvalue weighted by Gasteiger charge is -2.34. The average molecular weight is 424 g/mol. The van der Waals surface area contributed by atoms with Crippen molar-refractivity contribution in [3.8, 4) is 0 Å². The van der Waals surface area contributed by atoms with E-state index in [1.54, 1.807) is 0 Å². The lowest BCUT2D eigenvalue weighted by atomic mass is 10.1. The molecule has 0 aliphatic carbocycles. The van der Waals surface area contributed by atoms with Gasteiger partial charge in [0.1, 0.15) is 10.2 Å². The van der Waals surface area contributed by atoms with Crippen LogP contribution in [0.15, 0.2) is 23.1 Å². The van der Waals surface area contributed by atoms with Gasteiger partial charge in [-0.2, -0.15) is 0 Å². The summed E-state index contributed by atoms with van der Waals surface area (Å²) in [6.07, 6.45) is 5.77. The number of amides is 1. The average Bonchev–Trinajstić information content (AvgIpc) is 2.92. The van der Waals surface area contributed by atoms with Crippen LogP contribution in [0.25, 0.3) is 10.9 Å². The summed E-state index contributed by atoms with van der Waals surface area (Å²) >= 11 is 3.44. The predicted octanol–water partition coefficient (Wildman–Crippen LogP) is 5.71. The molecule has 0 N–H and O–H groups in total. The van der Waals surface area contributed by atoms with E-state index in [0.29, 0.717) is 6.04 Å². The van der Waals surface area contributed by atoms with Crippen LogP contribution in [0.3, 0.4) is 0 Å². The van der Waals surface area contributed by atoms with Crippen LogP contribution in [0.2, 0.25) is 0 Å². The molecular formula is C20H30BrN3O2. The Morgan fingerprint density at radius 2 is 1.88 bits per heavy atom. The molecule has 0 unspecified atom stereocenters. The molecule has 5 nitrogen and oxygen atoms in total. The van der Waals surface area contributed by atoms with Crippen molar-refractivity contribution in [3.05, 3.63) is 28.6 Å². The second-order valence-electron chi connectivity index (χ2n) is 7.44. The molecule has 3 heterocycles. The number of hydrogen-bond acceptors (Lipinski definition) is 3. The first-order valence-electron chi connectivity index (χ1n) is 9.35. The van der Waals surface area contributed by atoms with Gasteiger partial charge in [-0.25, -0.2) is 9.78 Å². The van der Waals surface area contributed by atoms with Crippen molar-refractivity contribution in [2.24, 2.45) is 0 Å². The SMILES string of the molecule is CC.Cc1cn(C2CCN(C(=O)OC(C)(C)C)CC2)c2cnc(Br)cc12. The number of piperidine rings is 1. The van der Waals surface area contributed by atoms with E-state index in [0.717, 1.165) is 36.1 Å². The number of nitrogens with zero attached hydrogens (tertiary/aromatic N) is 3. The molecule has 1 amide bonds. The van der Waals surface area contributed by atoms with Gasteiger partial charge in [0, 0.05) is 30.7 Å². The monoisotopic (exact) mass is 423 g/mol. The summed E-state index contributed by atoms with van der Waals surface area (Å²) in [7, 11) is 0. The summed E-state index contributed by atoms with van der Waals surface area (Å²) in [6, 6.07) is 2.46. The first kappa shape index (κ1) is 20.7. The normalized spacial score (nSPS) is 15.6. The Bertz CT molecular complexity index is 756. The fraction of sp³-hybridized carbons (Fsp3) is 0.600. The topological polar surface area (TPSA) is 47.4 Å². The number of halogens is 1. The van der Waals surface area contributed by atoms with Crippen molar-refractivity contribution in [2.45, 2.75) is 66.0 Å². The van der Waals surface area contributed by atoms with Crippen LogP contribution in [-0.2, 0) is 4.74 Å². The van der Waals surface area contributed by atoms with Crippen LogP contribution in [0, 0.1) is 6.92 Å². The maximum Gasteiger partial charge on any atom is 0.410 e. The Labute approximate surface area is 164 Å². The smallest absolute Gasteiger partial charge is 0.410 e. The molecule has 0 bridgehead atoms. The van der Waals surface area contributed by atoms with Gasteiger partial charge >= 0.3 is 6.09 Å². The molecule has 0 spiro atoms. The van der Waals surface area contributed by atoms with Gasteiger partial charge in [0.25, 0.3) is 0 Å². The van der Waals surface area contributed by atoms with E-state index < -0.39 is 5.60 Å². The van der Waals surface area contributed by atoms with E-state index in [-0.39, 0.29) is 6.09 Å². The van der Waals surface area contributed by atoms with Gasteiger partial charge in [0.15, 0.2) is 0 Å². The summed E-state index contributed by atoms with van der Waals surface area (Å²) in [5.41, 5.74) is 1.97. The van der Waals surface area contributed by atoms with Crippen molar-refractivity contribution >= 4 is 32.9 Å². The summed E-state index contributed by atoms with van der Waals surface area (Å²) in [5, 5.41) is 1.23. The second-order valence-corrected chi connectivity index (χ2v) is 8.25. The highest BCUT2D eigenvalue weighted by Crippen LogP contribution is 2.31. The Morgan fingerprint density at radius 1 is 1.27 bits per heavy atom. The zero-order valence-electron chi connectivity index (χ0n) is 16.7. The largest absolute Gasteiger partial charge is 0.444 e. The van der Waals surface area contributed by atoms with Crippen LogP contribution in [0.5, 0.6) is 0 Å². The van der Waals surface area contributed by atoms with Gasteiger partial charge < -0.3 is 14.2 Å². The molecule has 1 fully saturated rings. The molecule has 1 aliphatic rings. The van der Waals surface area contributed by atoms with Gasteiger partial charge in [-0.15, -0.1) is 0 Å². The van der Waals surface area contributed by atoms with Crippen molar-refractivity contribution in [3.63, 3.8) is 0 Å². The molecule has 1 saturated heterocycles. The summed E-state index contributed by atoms with van der Waals surface area (Å²) in [5.74, 6) is 0. The molecule has 3 rings (SSSR count). The molecule has 26 heavy (non-hydrogen) atoms. The molecule has 0 saturated carbocycles. The highest BCUT2D eigenvalue weighted by atomic mass is 79.9. The quantitative estimate of drug-likeness (QED) is 0.552. The van der Waals surface area contributed by atoms with Crippen molar-refractivity contribution in [1.82, 2.24) is 14.5 Å². The number of aryl methyl sites for hydroxylation is 1. The molecule has 6 heteroatoms. The molecule has 0 radical (unpaired) electrons. The van der Waals surface area contributed by atoms with E-state index in [4.69, 9.17) is 4.74 Å². The fourth-order valence-corrected chi connectivity index (χ4v) is 3.58. The van der Waals surface area contributed by atoms with Gasteiger partial charge in [0.05, 0.1) is 11.7 Å². The number of aromatic nitrogens is 2. The number of ether oxygens (including phenoxy) is 1. The number of fused-ring (bicyclic) bond motifs is 1. The third-order valence-corrected chi connectivity index (χ3v) is 4.83. The lowest BCUT2D eigenvalue weighted by molar-refractivity contribution is 0.0189. The van der Waals surface area contributed by atoms with Crippen molar-refractivity contribution in [2.75, 3.05) is 13.1 Å². The van der Waals surface area contributed by atoms with Crippen LogP contribution >= 0.6 is 15.9 Å². The van der Waals surface area contributed by atoms with Gasteiger partial charge in [-0.1, -0.05) is 13.8 Å². The number of hydrogen-bond donors (Lipinski definition) is 0. The zero-order valence-corrected chi connectivity index (χ0v) is 18.3. The Morgan fingerprint density at radius 3 is 2.46 bits per heavy atom. The molecule has 1 aliphatic heterocycles. The highest BCUT2D eigenvalue weighted by molar-refractivity contribution is 9.10. The van der Waals surface area contributed by atoms with E-state index in [1.165, 1.54) is 10.9 Å². The summed E-state index contributed by atoms with van der Waals surface area (Å²) < 4.78 is 8.64. The van der Waals surface area contributed by atoms with E-state index >= 15 is 0 Å². The fourth-order valence-electron chi connectivity index (χ4n) is 3.25. The maximum atomic E-state index is 12.2. The van der Waals surface area contributed by atoms with Crippen LogP contribution < -0.4 is 0 Å². The Balaban J connectivity index is 0.00000117. The third-order valence-electron chi connectivity index (χ3n) is 4.39. The van der Waals surface area contributed by atoms with Crippen LogP contribution in [0.1, 0.15) is 59.1 Å². The number of carbonyl (C=O) groups excluding carboxylic acids is 1. The molecule has 0 aromatic carbocycles. The zero-order chi connectivity index (χ0) is 19.5. The lowest BCUT2D eigenvalue weighted by Crippen LogP contribution is -2.42. The number of rotatable bonds is 1. The van der Waals surface area contributed by atoms with E-state index in [9.17, 15) is 4.79 Å². The molecular weight excluding hydrogens is 394 g/mol. The standard InChI is InChI=1S/C18H24BrN3O2.C2H6/c1-12-11-22(15-10-20-16(19)9-14(12)15)13-5-7-21(8-6-13)17(23)24-18(2,3)4;1-2/h9-11,13H,5-8H2,1-4H3;1-2H3. The summed E-state index contributed by atoms with van der Waals surface area (Å²) in [4.78, 5) is 18.4. The number of likely N-dealkylation sites (tertiary alicyclic amines) is 1. The first-order valence-corrected chi connectivity index (χ1v) is 10.1. The van der Waals surface area contributed by atoms with Crippen molar-refractivity contribution < 1.29 is 9.53 Å². The first-order chi connectivity index (χ1) is 12.2. The minimum Gasteiger partial charge on any atom is -0.444 e. The minimum atomic E-state index is -0.444. The molecule has 2 aromatic rings.